The highest BCUT2D eigenvalue weighted by Crippen LogP contribution is 2.26. The minimum absolute atomic E-state index is 0.106. The Bertz CT molecular complexity index is 723. The van der Waals surface area contributed by atoms with Crippen molar-refractivity contribution in [1.82, 2.24) is 20.4 Å². The van der Waals surface area contributed by atoms with Crippen LogP contribution in [0, 0.1) is 0 Å². The van der Waals surface area contributed by atoms with Gasteiger partial charge in [0.05, 0.1) is 6.20 Å². The predicted molar refractivity (Wildman–Crippen MR) is 89.3 cm³/mol. The molecule has 7 heteroatoms. The SMILES string of the molecule is O=C(NC1CCC(Oc2cnccn2)CC1)c1noc2c1CCCC2. The number of fused-ring (bicyclic) bond motifs is 1. The van der Waals surface area contributed by atoms with Gasteiger partial charge in [-0.1, -0.05) is 5.16 Å². The minimum atomic E-state index is -0.106. The summed E-state index contributed by atoms with van der Waals surface area (Å²) in [5, 5.41) is 7.12. The van der Waals surface area contributed by atoms with Crippen molar-refractivity contribution < 1.29 is 14.1 Å². The van der Waals surface area contributed by atoms with Crippen molar-refractivity contribution in [3.8, 4) is 5.88 Å². The van der Waals surface area contributed by atoms with E-state index in [1.807, 2.05) is 0 Å². The number of aromatic nitrogens is 3. The molecule has 0 aliphatic heterocycles. The molecule has 2 aliphatic carbocycles. The maximum Gasteiger partial charge on any atom is 0.273 e. The smallest absolute Gasteiger partial charge is 0.273 e. The summed E-state index contributed by atoms with van der Waals surface area (Å²) in [7, 11) is 0. The molecule has 132 valence electrons. The second kappa shape index (κ2) is 7.21. The van der Waals surface area contributed by atoms with Crippen LogP contribution in [-0.2, 0) is 12.8 Å². The quantitative estimate of drug-likeness (QED) is 0.918. The van der Waals surface area contributed by atoms with Crippen molar-refractivity contribution in [2.75, 3.05) is 0 Å². The van der Waals surface area contributed by atoms with E-state index in [2.05, 4.69) is 20.4 Å². The van der Waals surface area contributed by atoms with Crippen molar-refractivity contribution in [1.29, 1.82) is 0 Å². The zero-order chi connectivity index (χ0) is 17.1. The fourth-order valence-corrected chi connectivity index (χ4v) is 3.66. The highest BCUT2D eigenvalue weighted by Gasteiger charge is 2.28. The van der Waals surface area contributed by atoms with E-state index in [0.717, 1.165) is 62.7 Å². The number of rotatable bonds is 4. The maximum absolute atomic E-state index is 12.5. The normalized spacial score (nSPS) is 22.9. The van der Waals surface area contributed by atoms with E-state index in [9.17, 15) is 4.79 Å². The Hall–Kier alpha value is -2.44. The molecular formula is C18H22N4O3. The summed E-state index contributed by atoms with van der Waals surface area (Å²) in [4.78, 5) is 20.7. The molecule has 1 amide bonds. The summed E-state index contributed by atoms with van der Waals surface area (Å²) in [5.41, 5.74) is 1.48. The Morgan fingerprint density at radius 3 is 2.80 bits per heavy atom. The molecule has 0 atom stereocenters. The molecule has 25 heavy (non-hydrogen) atoms. The maximum atomic E-state index is 12.5. The molecule has 1 N–H and O–H groups in total. The monoisotopic (exact) mass is 342 g/mol. The van der Waals surface area contributed by atoms with Gasteiger partial charge in [0.15, 0.2) is 5.69 Å². The van der Waals surface area contributed by atoms with Crippen LogP contribution in [0.1, 0.15) is 60.3 Å². The molecule has 0 bridgehead atoms. The van der Waals surface area contributed by atoms with E-state index in [1.54, 1.807) is 18.6 Å². The molecule has 2 heterocycles. The van der Waals surface area contributed by atoms with Crippen molar-refractivity contribution in [3.63, 3.8) is 0 Å². The second-order valence-electron chi connectivity index (χ2n) is 6.75. The molecule has 0 unspecified atom stereocenters. The first-order valence-corrected chi connectivity index (χ1v) is 9.00. The summed E-state index contributed by atoms with van der Waals surface area (Å²) in [5.74, 6) is 1.34. The number of ether oxygens (including phenoxy) is 1. The third-order valence-electron chi connectivity index (χ3n) is 5.00. The first kappa shape index (κ1) is 16.1. The number of nitrogens with one attached hydrogen (secondary N) is 1. The van der Waals surface area contributed by atoms with Gasteiger partial charge in [-0.15, -0.1) is 0 Å². The van der Waals surface area contributed by atoms with Crippen LogP contribution in [0.25, 0.3) is 0 Å². The number of hydrogen-bond donors (Lipinski definition) is 1. The fourth-order valence-electron chi connectivity index (χ4n) is 3.66. The van der Waals surface area contributed by atoms with Gasteiger partial charge in [0.2, 0.25) is 5.88 Å². The molecule has 7 nitrogen and oxygen atoms in total. The lowest BCUT2D eigenvalue weighted by Crippen LogP contribution is -2.40. The Balaban J connectivity index is 1.30. The third-order valence-corrected chi connectivity index (χ3v) is 5.00. The topological polar surface area (TPSA) is 90.1 Å². The van der Waals surface area contributed by atoms with Crippen LogP contribution < -0.4 is 10.1 Å². The van der Waals surface area contributed by atoms with Gasteiger partial charge in [0, 0.05) is 30.4 Å². The molecular weight excluding hydrogens is 320 g/mol. The molecule has 4 rings (SSSR count). The molecule has 1 saturated carbocycles. The molecule has 0 saturated heterocycles. The van der Waals surface area contributed by atoms with Gasteiger partial charge in [0.25, 0.3) is 5.91 Å². The average molecular weight is 342 g/mol. The van der Waals surface area contributed by atoms with Gasteiger partial charge in [0.1, 0.15) is 11.9 Å². The van der Waals surface area contributed by atoms with Crippen LogP contribution in [0.3, 0.4) is 0 Å². The fraction of sp³-hybridized carbons (Fsp3) is 0.556. The van der Waals surface area contributed by atoms with Crippen LogP contribution in [-0.4, -0.2) is 33.2 Å². The molecule has 2 aromatic heterocycles. The lowest BCUT2D eigenvalue weighted by molar-refractivity contribution is 0.0880. The van der Waals surface area contributed by atoms with Crippen LogP contribution in [0.5, 0.6) is 5.88 Å². The number of aryl methyl sites for hydroxylation is 1. The Morgan fingerprint density at radius 2 is 2.00 bits per heavy atom. The first-order valence-electron chi connectivity index (χ1n) is 9.00. The van der Waals surface area contributed by atoms with Gasteiger partial charge in [-0.2, -0.15) is 0 Å². The van der Waals surface area contributed by atoms with Crippen LogP contribution >= 0.6 is 0 Å². The van der Waals surface area contributed by atoms with Gasteiger partial charge >= 0.3 is 0 Å². The summed E-state index contributed by atoms with van der Waals surface area (Å²) in [6.07, 6.45) is 12.5. The van der Waals surface area contributed by atoms with E-state index in [-0.39, 0.29) is 18.1 Å². The highest BCUT2D eigenvalue weighted by molar-refractivity contribution is 5.94. The van der Waals surface area contributed by atoms with Crippen molar-refractivity contribution in [3.05, 3.63) is 35.6 Å². The first-order chi connectivity index (χ1) is 12.3. The van der Waals surface area contributed by atoms with Crippen LogP contribution in [0.4, 0.5) is 0 Å². The predicted octanol–water partition coefficient (Wildman–Crippen LogP) is 2.46. The van der Waals surface area contributed by atoms with Crippen LogP contribution in [0.15, 0.2) is 23.1 Å². The largest absolute Gasteiger partial charge is 0.473 e. The Morgan fingerprint density at radius 1 is 1.16 bits per heavy atom. The van der Waals surface area contributed by atoms with E-state index in [0.29, 0.717) is 11.6 Å². The molecule has 2 aromatic rings. The third kappa shape index (κ3) is 3.65. The highest BCUT2D eigenvalue weighted by atomic mass is 16.5. The van der Waals surface area contributed by atoms with Gasteiger partial charge in [-0.05, 0) is 44.9 Å². The van der Waals surface area contributed by atoms with Gasteiger partial charge < -0.3 is 14.6 Å². The molecule has 1 fully saturated rings. The van der Waals surface area contributed by atoms with E-state index in [4.69, 9.17) is 9.26 Å². The van der Waals surface area contributed by atoms with Gasteiger partial charge in [-0.25, -0.2) is 4.98 Å². The van der Waals surface area contributed by atoms with E-state index in [1.165, 1.54) is 0 Å². The molecule has 0 spiro atoms. The zero-order valence-electron chi connectivity index (χ0n) is 14.1. The molecule has 0 aromatic carbocycles. The zero-order valence-corrected chi connectivity index (χ0v) is 14.1. The average Bonchev–Trinajstić information content (AvgIpc) is 3.08. The minimum Gasteiger partial charge on any atom is -0.473 e. The summed E-state index contributed by atoms with van der Waals surface area (Å²) < 4.78 is 11.2. The van der Waals surface area contributed by atoms with Crippen molar-refractivity contribution >= 4 is 5.91 Å². The number of amides is 1. The number of hydrogen-bond acceptors (Lipinski definition) is 6. The standard InChI is InChI=1S/C18H22N4O3/c23-18(17-14-3-1-2-4-15(14)25-22-17)21-12-5-7-13(8-6-12)24-16-11-19-9-10-20-16/h9-13H,1-8H2,(H,21,23). The van der Waals surface area contributed by atoms with Crippen molar-refractivity contribution in [2.24, 2.45) is 0 Å². The second-order valence-corrected chi connectivity index (χ2v) is 6.75. The number of nitrogens with zero attached hydrogens (tertiary/aromatic N) is 3. The molecule has 2 aliphatic rings. The number of carbonyl (C=O) groups excluding carboxylic acids is 1. The lowest BCUT2D eigenvalue weighted by atomic mass is 9.92. The van der Waals surface area contributed by atoms with Crippen molar-refractivity contribution in [2.45, 2.75) is 63.5 Å². The summed E-state index contributed by atoms with van der Waals surface area (Å²) in [6, 6.07) is 0.158. The van der Waals surface area contributed by atoms with E-state index >= 15 is 0 Å². The summed E-state index contributed by atoms with van der Waals surface area (Å²) >= 11 is 0. The van der Waals surface area contributed by atoms with E-state index < -0.39 is 0 Å². The summed E-state index contributed by atoms with van der Waals surface area (Å²) in [6.45, 7) is 0. The van der Waals surface area contributed by atoms with Gasteiger partial charge in [-0.3, -0.25) is 9.78 Å². The molecule has 0 radical (unpaired) electrons. The Kier molecular flexibility index (Phi) is 4.63. The Labute approximate surface area is 146 Å². The van der Waals surface area contributed by atoms with Crippen LogP contribution in [0.2, 0.25) is 0 Å². The lowest BCUT2D eigenvalue weighted by Gasteiger charge is -2.29. The number of carbonyl (C=O) groups is 1.